The number of anilines is 1. The third-order valence-electron chi connectivity index (χ3n) is 5.45. The van der Waals surface area contributed by atoms with Gasteiger partial charge in [-0.2, -0.15) is 0 Å². The summed E-state index contributed by atoms with van der Waals surface area (Å²) in [6, 6.07) is 14.7. The minimum absolute atomic E-state index is 0.0657. The van der Waals surface area contributed by atoms with Crippen LogP contribution < -0.4 is 10.6 Å². The van der Waals surface area contributed by atoms with E-state index < -0.39 is 23.9 Å². The Morgan fingerprint density at radius 3 is 2.57 bits per heavy atom. The van der Waals surface area contributed by atoms with Crippen molar-refractivity contribution in [2.75, 3.05) is 11.4 Å². The van der Waals surface area contributed by atoms with Crippen molar-refractivity contribution in [1.29, 1.82) is 0 Å². The lowest BCUT2D eigenvalue weighted by Gasteiger charge is -2.19. The quantitative estimate of drug-likeness (QED) is 0.809. The lowest BCUT2D eigenvalue weighted by molar-refractivity contribution is -0.159. The highest BCUT2D eigenvalue weighted by molar-refractivity contribution is 6.00. The molecule has 2 aromatic rings. The average molecular weight is 378 g/mol. The van der Waals surface area contributed by atoms with Crippen LogP contribution in [0.2, 0.25) is 0 Å². The number of carbonyl (C=O) groups excluding carboxylic acids is 3. The Kier molecular flexibility index (Phi) is 4.86. The molecule has 0 spiro atoms. The van der Waals surface area contributed by atoms with E-state index in [1.165, 1.54) is 11.1 Å². The second-order valence-electron chi connectivity index (χ2n) is 7.34. The molecule has 0 unspecified atom stereocenters. The van der Waals surface area contributed by atoms with E-state index in [4.69, 9.17) is 10.5 Å². The van der Waals surface area contributed by atoms with E-state index >= 15 is 0 Å². The number of fused-ring (bicyclic) bond motifs is 1. The molecule has 1 heterocycles. The summed E-state index contributed by atoms with van der Waals surface area (Å²) < 4.78 is 5.40. The predicted octanol–water partition coefficient (Wildman–Crippen LogP) is 2.30. The fourth-order valence-corrected chi connectivity index (χ4v) is 3.97. The molecule has 0 aromatic heterocycles. The Hall–Kier alpha value is -3.15. The summed E-state index contributed by atoms with van der Waals surface area (Å²) in [5.74, 6) is -2.05. The van der Waals surface area contributed by atoms with Crippen LogP contribution in [0.3, 0.4) is 0 Å². The number of nitrogens with two attached hydrogens (primary N) is 1. The number of hydrogen-bond acceptors (Lipinski definition) is 4. The van der Waals surface area contributed by atoms with Crippen molar-refractivity contribution in [2.45, 2.75) is 31.8 Å². The summed E-state index contributed by atoms with van der Waals surface area (Å²) in [6.07, 6.45) is 2.14. The Morgan fingerprint density at radius 2 is 1.82 bits per heavy atom. The highest BCUT2D eigenvalue weighted by Crippen LogP contribution is 2.31. The molecule has 4 rings (SSSR count). The van der Waals surface area contributed by atoms with Crippen molar-refractivity contribution in [2.24, 2.45) is 11.7 Å². The maximum Gasteiger partial charge on any atom is 0.312 e. The molecule has 2 aliphatic rings. The largest absolute Gasteiger partial charge is 0.447 e. The number of nitrogens with zero attached hydrogens (tertiary/aromatic N) is 1. The third-order valence-corrected chi connectivity index (χ3v) is 5.45. The first-order valence-electron chi connectivity index (χ1n) is 9.50. The number of esters is 1. The molecule has 2 amide bonds. The summed E-state index contributed by atoms with van der Waals surface area (Å²) in [6.45, 7) is 0.247. The Labute approximate surface area is 163 Å². The summed E-state index contributed by atoms with van der Waals surface area (Å²) in [5, 5.41) is 0. The standard InChI is InChI=1S/C22H22N2O4/c23-21(26)20(15-5-2-1-3-6-15)28-22(27)17-12-19(25)24(13-17)18-10-9-14-7-4-8-16(14)11-18/h1-3,5-6,9-11,17,20H,4,7-8,12-13H2,(H2,23,26)/t17-,20+/m0/s1. The molecule has 28 heavy (non-hydrogen) atoms. The fourth-order valence-electron chi connectivity index (χ4n) is 3.97. The van der Waals surface area contributed by atoms with Gasteiger partial charge in [0.25, 0.3) is 5.91 Å². The number of hydrogen-bond donors (Lipinski definition) is 1. The zero-order chi connectivity index (χ0) is 19.7. The van der Waals surface area contributed by atoms with Gasteiger partial charge in [0.05, 0.1) is 5.92 Å². The molecule has 2 N–H and O–H groups in total. The fraction of sp³-hybridized carbons (Fsp3) is 0.318. The molecule has 1 aliphatic heterocycles. The molecule has 6 heteroatoms. The average Bonchev–Trinajstić information content (AvgIpc) is 3.32. The Balaban J connectivity index is 1.47. The molecule has 0 bridgehead atoms. The minimum atomic E-state index is -1.15. The van der Waals surface area contributed by atoms with Gasteiger partial charge in [-0.25, -0.2) is 0 Å². The van der Waals surface area contributed by atoms with Gasteiger partial charge in [-0.05, 0) is 42.5 Å². The van der Waals surface area contributed by atoms with Gasteiger partial charge in [-0.1, -0.05) is 36.4 Å². The number of rotatable bonds is 5. The van der Waals surface area contributed by atoms with Crippen LogP contribution in [0.25, 0.3) is 0 Å². The van der Waals surface area contributed by atoms with Crippen LogP contribution >= 0.6 is 0 Å². The first-order chi connectivity index (χ1) is 13.5. The topological polar surface area (TPSA) is 89.7 Å². The summed E-state index contributed by atoms with van der Waals surface area (Å²) >= 11 is 0. The molecule has 144 valence electrons. The van der Waals surface area contributed by atoms with Crippen molar-refractivity contribution in [3.63, 3.8) is 0 Å². The van der Waals surface area contributed by atoms with Gasteiger partial charge in [0, 0.05) is 24.2 Å². The van der Waals surface area contributed by atoms with Gasteiger partial charge in [-0.3, -0.25) is 14.4 Å². The third kappa shape index (κ3) is 3.50. The van der Waals surface area contributed by atoms with E-state index in [0.717, 1.165) is 24.9 Å². The van der Waals surface area contributed by atoms with Crippen LogP contribution in [0.5, 0.6) is 0 Å². The van der Waals surface area contributed by atoms with Crippen molar-refractivity contribution in [3.05, 3.63) is 65.2 Å². The van der Waals surface area contributed by atoms with Crippen LogP contribution in [0.15, 0.2) is 48.5 Å². The second-order valence-corrected chi connectivity index (χ2v) is 7.34. The highest BCUT2D eigenvalue weighted by atomic mass is 16.5. The van der Waals surface area contributed by atoms with Gasteiger partial charge in [0.2, 0.25) is 12.0 Å². The summed E-state index contributed by atoms with van der Waals surface area (Å²) in [5.41, 5.74) is 9.36. The van der Waals surface area contributed by atoms with Gasteiger partial charge in [0.1, 0.15) is 0 Å². The van der Waals surface area contributed by atoms with E-state index in [1.54, 1.807) is 35.2 Å². The van der Waals surface area contributed by atoms with E-state index in [2.05, 4.69) is 6.07 Å². The van der Waals surface area contributed by atoms with Crippen molar-refractivity contribution in [3.8, 4) is 0 Å². The van der Waals surface area contributed by atoms with Crippen LogP contribution in [-0.2, 0) is 32.0 Å². The van der Waals surface area contributed by atoms with Gasteiger partial charge in [-0.15, -0.1) is 0 Å². The first kappa shape index (κ1) is 18.2. The second kappa shape index (κ2) is 7.46. The lowest BCUT2D eigenvalue weighted by Crippen LogP contribution is -2.30. The minimum Gasteiger partial charge on any atom is -0.447 e. The maximum absolute atomic E-state index is 12.6. The van der Waals surface area contributed by atoms with E-state index in [-0.39, 0.29) is 18.9 Å². The van der Waals surface area contributed by atoms with Crippen LogP contribution in [0, 0.1) is 5.92 Å². The molecule has 1 aliphatic carbocycles. The SMILES string of the molecule is NC(=O)[C@H](OC(=O)[C@H]1CC(=O)N(c2ccc3c(c2)CCC3)C1)c1ccccc1. The lowest BCUT2D eigenvalue weighted by atomic mass is 10.1. The van der Waals surface area contributed by atoms with Gasteiger partial charge >= 0.3 is 5.97 Å². The van der Waals surface area contributed by atoms with E-state index in [0.29, 0.717) is 5.56 Å². The van der Waals surface area contributed by atoms with Gasteiger partial charge < -0.3 is 15.4 Å². The molecule has 0 radical (unpaired) electrons. The molecular weight excluding hydrogens is 356 g/mol. The highest BCUT2D eigenvalue weighted by Gasteiger charge is 2.38. The van der Waals surface area contributed by atoms with E-state index in [9.17, 15) is 14.4 Å². The number of primary amides is 1. The van der Waals surface area contributed by atoms with E-state index in [1.807, 2.05) is 12.1 Å². The maximum atomic E-state index is 12.6. The molecule has 2 atom stereocenters. The van der Waals surface area contributed by atoms with Crippen molar-refractivity contribution in [1.82, 2.24) is 0 Å². The molecule has 1 fully saturated rings. The number of carbonyl (C=O) groups is 3. The number of amides is 2. The normalized spacial score (nSPS) is 19.4. The molecule has 0 saturated carbocycles. The van der Waals surface area contributed by atoms with Crippen molar-refractivity contribution >= 4 is 23.5 Å². The van der Waals surface area contributed by atoms with Crippen LogP contribution in [0.4, 0.5) is 5.69 Å². The zero-order valence-corrected chi connectivity index (χ0v) is 15.5. The molecular formula is C22H22N2O4. The molecule has 2 aromatic carbocycles. The molecule has 1 saturated heterocycles. The summed E-state index contributed by atoms with van der Waals surface area (Å²) in [7, 11) is 0. The predicted molar refractivity (Wildman–Crippen MR) is 103 cm³/mol. The van der Waals surface area contributed by atoms with Crippen LogP contribution in [0.1, 0.15) is 35.6 Å². The smallest absolute Gasteiger partial charge is 0.312 e. The monoisotopic (exact) mass is 378 g/mol. The first-order valence-corrected chi connectivity index (χ1v) is 9.50. The Bertz CT molecular complexity index is 925. The molecule has 6 nitrogen and oxygen atoms in total. The summed E-state index contributed by atoms with van der Waals surface area (Å²) in [4.78, 5) is 38.5. The number of aryl methyl sites for hydroxylation is 2. The van der Waals surface area contributed by atoms with Gasteiger partial charge in [0.15, 0.2) is 0 Å². The number of benzene rings is 2. The van der Waals surface area contributed by atoms with Crippen LogP contribution in [-0.4, -0.2) is 24.3 Å². The Morgan fingerprint density at radius 1 is 1.07 bits per heavy atom. The number of ether oxygens (including phenoxy) is 1. The zero-order valence-electron chi connectivity index (χ0n) is 15.5. The van der Waals surface area contributed by atoms with Crippen molar-refractivity contribution < 1.29 is 19.1 Å².